The van der Waals surface area contributed by atoms with Crippen molar-refractivity contribution in [3.05, 3.63) is 61.0 Å². The lowest BCUT2D eigenvalue weighted by Crippen LogP contribution is -2.37. The Kier molecular flexibility index (Phi) is 5.79. The van der Waals surface area contributed by atoms with Gasteiger partial charge in [0, 0.05) is 33.7 Å². The van der Waals surface area contributed by atoms with Gasteiger partial charge in [-0.05, 0) is 36.5 Å². The first-order valence-corrected chi connectivity index (χ1v) is 11.5. The van der Waals surface area contributed by atoms with Gasteiger partial charge in [-0.2, -0.15) is 0 Å². The second kappa shape index (κ2) is 8.11. The lowest BCUT2D eigenvalue weighted by molar-refractivity contribution is -0.118. The number of carbonyl (C=O) groups excluding carboxylic acids is 2. The van der Waals surface area contributed by atoms with E-state index in [9.17, 15) is 14.4 Å². The van der Waals surface area contributed by atoms with Crippen LogP contribution in [-0.4, -0.2) is 27.3 Å². The standard InChI is InChI=1S/C22H21Cl2N3O3S/c1-10(28)9-31-21-26-19-18(20(30)27-21)16(12-5-4-11(23)6-13(12)24)17-14(25-19)7-22(2,3)8-15(17)29/h4-6,16H,7-9H2,1-3H3,(H2,25,26,27,30). The van der Waals surface area contributed by atoms with Crippen molar-refractivity contribution in [2.45, 2.75) is 44.7 Å². The summed E-state index contributed by atoms with van der Waals surface area (Å²) < 4.78 is 0. The number of allylic oxidation sites excluding steroid dienone is 2. The molecule has 1 aliphatic carbocycles. The summed E-state index contributed by atoms with van der Waals surface area (Å²) >= 11 is 13.8. The number of thioether (sulfide) groups is 1. The molecule has 6 nitrogen and oxygen atoms in total. The normalized spacial score (nSPS) is 19.5. The molecule has 1 unspecified atom stereocenters. The minimum absolute atomic E-state index is 0.0187. The molecule has 2 aromatic rings. The van der Waals surface area contributed by atoms with Gasteiger partial charge in [-0.25, -0.2) is 4.98 Å². The summed E-state index contributed by atoms with van der Waals surface area (Å²) in [7, 11) is 0. The molecule has 0 radical (unpaired) electrons. The van der Waals surface area contributed by atoms with Crippen molar-refractivity contribution in [2.75, 3.05) is 11.1 Å². The highest BCUT2D eigenvalue weighted by Crippen LogP contribution is 2.49. The fraction of sp³-hybridized carbons (Fsp3) is 0.364. The summed E-state index contributed by atoms with van der Waals surface area (Å²) in [5, 5.41) is 4.44. The molecule has 2 heterocycles. The molecule has 0 saturated heterocycles. The molecular weight excluding hydrogens is 457 g/mol. The molecule has 1 aliphatic heterocycles. The summed E-state index contributed by atoms with van der Waals surface area (Å²) in [5.74, 6) is -0.102. The Morgan fingerprint density at radius 2 is 2.00 bits per heavy atom. The van der Waals surface area contributed by atoms with Crippen molar-refractivity contribution < 1.29 is 9.59 Å². The summed E-state index contributed by atoms with van der Waals surface area (Å²) in [5.41, 5.74) is 1.68. The molecule has 0 amide bonds. The van der Waals surface area contributed by atoms with Crippen LogP contribution in [0.25, 0.3) is 0 Å². The maximum atomic E-state index is 13.2. The van der Waals surface area contributed by atoms with Crippen molar-refractivity contribution >= 4 is 52.3 Å². The van der Waals surface area contributed by atoms with E-state index in [2.05, 4.69) is 15.3 Å². The maximum absolute atomic E-state index is 13.2. The summed E-state index contributed by atoms with van der Waals surface area (Å²) in [6.07, 6.45) is 1.02. The highest BCUT2D eigenvalue weighted by Gasteiger charge is 2.43. The number of nitrogens with one attached hydrogen (secondary N) is 2. The molecule has 0 saturated carbocycles. The molecular formula is C22H21Cl2N3O3S. The molecule has 0 spiro atoms. The van der Waals surface area contributed by atoms with Crippen LogP contribution in [0.5, 0.6) is 0 Å². The van der Waals surface area contributed by atoms with E-state index in [-0.39, 0.29) is 28.3 Å². The van der Waals surface area contributed by atoms with Crippen molar-refractivity contribution in [2.24, 2.45) is 5.41 Å². The molecule has 31 heavy (non-hydrogen) atoms. The van der Waals surface area contributed by atoms with Gasteiger partial charge in [0.1, 0.15) is 11.6 Å². The SMILES string of the molecule is CC(=O)CSc1nc2c(c(=O)[nH]1)C(c1ccc(Cl)cc1Cl)C1=C(CC(C)(C)CC1=O)N2. The Morgan fingerprint density at radius 3 is 2.68 bits per heavy atom. The van der Waals surface area contributed by atoms with Gasteiger partial charge >= 0.3 is 0 Å². The molecule has 2 aliphatic rings. The number of Topliss-reactive ketones (excluding diaryl/α,β-unsaturated/α-hetero) is 2. The highest BCUT2D eigenvalue weighted by atomic mass is 35.5. The monoisotopic (exact) mass is 477 g/mol. The average molecular weight is 478 g/mol. The zero-order valence-electron chi connectivity index (χ0n) is 17.3. The number of carbonyl (C=O) groups is 2. The predicted molar refractivity (Wildman–Crippen MR) is 123 cm³/mol. The van der Waals surface area contributed by atoms with E-state index in [1.807, 2.05) is 13.8 Å². The number of aromatic nitrogens is 2. The third kappa shape index (κ3) is 4.31. The van der Waals surface area contributed by atoms with Gasteiger partial charge in [-0.15, -0.1) is 0 Å². The van der Waals surface area contributed by atoms with E-state index in [0.717, 1.165) is 17.5 Å². The Morgan fingerprint density at radius 1 is 1.26 bits per heavy atom. The van der Waals surface area contributed by atoms with Crippen LogP contribution in [0.2, 0.25) is 10.0 Å². The number of ketones is 2. The molecule has 162 valence electrons. The number of rotatable bonds is 4. The van der Waals surface area contributed by atoms with Gasteiger partial charge in [0.2, 0.25) is 0 Å². The van der Waals surface area contributed by atoms with Crippen molar-refractivity contribution in [3.8, 4) is 0 Å². The zero-order valence-corrected chi connectivity index (χ0v) is 19.6. The first kappa shape index (κ1) is 22.1. The van der Waals surface area contributed by atoms with Crippen LogP contribution in [-0.2, 0) is 9.59 Å². The second-order valence-electron chi connectivity index (χ2n) is 8.68. The van der Waals surface area contributed by atoms with Crippen LogP contribution in [0.1, 0.15) is 50.7 Å². The first-order valence-electron chi connectivity index (χ1n) is 9.80. The predicted octanol–water partition coefficient (Wildman–Crippen LogP) is 4.96. The third-order valence-corrected chi connectivity index (χ3v) is 6.97. The molecule has 1 aromatic heterocycles. The number of hydrogen-bond donors (Lipinski definition) is 2. The second-order valence-corrected chi connectivity index (χ2v) is 10.5. The highest BCUT2D eigenvalue weighted by molar-refractivity contribution is 7.99. The van der Waals surface area contributed by atoms with Crippen LogP contribution < -0.4 is 10.9 Å². The number of H-pyrrole nitrogens is 1. The number of benzene rings is 1. The molecule has 1 aromatic carbocycles. The number of fused-ring (bicyclic) bond motifs is 1. The van der Waals surface area contributed by atoms with Gasteiger partial charge in [0.25, 0.3) is 5.56 Å². The van der Waals surface area contributed by atoms with E-state index >= 15 is 0 Å². The van der Waals surface area contributed by atoms with Crippen molar-refractivity contribution in [3.63, 3.8) is 0 Å². The number of anilines is 1. The van der Waals surface area contributed by atoms with Gasteiger partial charge in [-0.1, -0.05) is 54.9 Å². The van der Waals surface area contributed by atoms with Crippen LogP contribution in [0.15, 0.2) is 39.4 Å². The fourth-order valence-corrected chi connectivity index (χ4v) is 5.36. The molecule has 4 rings (SSSR count). The quantitative estimate of drug-likeness (QED) is 0.477. The minimum atomic E-state index is -0.650. The zero-order chi connectivity index (χ0) is 22.5. The number of halogens is 2. The maximum Gasteiger partial charge on any atom is 0.257 e. The van der Waals surface area contributed by atoms with Gasteiger partial charge in [0.15, 0.2) is 10.9 Å². The lowest BCUT2D eigenvalue weighted by Gasteiger charge is -2.38. The molecule has 9 heteroatoms. The lowest BCUT2D eigenvalue weighted by atomic mass is 9.69. The van der Waals surface area contributed by atoms with Gasteiger partial charge < -0.3 is 10.3 Å². The minimum Gasteiger partial charge on any atom is -0.343 e. The van der Waals surface area contributed by atoms with Crippen LogP contribution >= 0.6 is 35.0 Å². The molecule has 0 bridgehead atoms. The molecule has 1 atom stereocenters. The van der Waals surface area contributed by atoms with E-state index in [1.54, 1.807) is 18.2 Å². The first-order chi connectivity index (χ1) is 14.6. The smallest absolute Gasteiger partial charge is 0.257 e. The number of nitrogens with zero attached hydrogens (tertiary/aromatic N) is 1. The summed E-state index contributed by atoms with van der Waals surface area (Å²) in [6, 6.07) is 5.05. The van der Waals surface area contributed by atoms with Crippen molar-refractivity contribution in [1.29, 1.82) is 0 Å². The van der Waals surface area contributed by atoms with Crippen LogP contribution in [0.4, 0.5) is 5.82 Å². The van der Waals surface area contributed by atoms with Crippen LogP contribution in [0, 0.1) is 5.41 Å². The Labute approximate surface area is 193 Å². The summed E-state index contributed by atoms with van der Waals surface area (Å²) in [4.78, 5) is 45.1. The Bertz CT molecular complexity index is 1200. The summed E-state index contributed by atoms with van der Waals surface area (Å²) in [6.45, 7) is 5.55. The van der Waals surface area contributed by atoms with E-state index in [1.165, 1.54) is 6.92 Å². The molecule has 0 fully saturated rings. The Balaban J connectivity index is 1.92. The van der Waals surface area contributed by atoms with Gasteiger partial charge in [-0.3, -0.25) is 14.4 Å². The third-order valence-electron chi connectivity index (χ3n) is 5.39. The van der Waals surface area contributed by atoms with E-state index in [4.69, 9.17) is 23.2 Å². The van der Waals surface area contributed by atoms with E-state index < -0.39 is 5.92 Å². The molecule has 2 N–H and O–H groups in total. The fourth-order valence-electron chi connectivity index (χ4n) is 4.18. The topological polar surface area (TPSA) is 91.9 Å². The number of aromatic amines is 1. The van der Waals surface area contributed by atoms with Crippen molar-refractivity contribution in [1.82, 2.24) is 9.97 Å². The Hall–Kier alpha value is -2.09. The largest absolute Gasteiger partial charge is 0.343 e. The average Bonchev–Trinajstić information content (AvgIpc) is 2.64. The van der Waals surface area contributed by atoms with E-state index in [0.29, 0.717) is 50.6 Å². The van der Waals surface area contributed by atoms with Crippen LogP contribution in [0.3, 0.4) is 0 Å². The van der Waals surface area contributed by atoms with Gasteiger partial charge in [0.05, 0.1) is 11.3 Å². The number of hydrogen-bond acceptors (Lipinski definition) is 6.